The zero-order valence-electron chi connectivity index (χ0n) is 22.0. The van der Waals surface area contributed by atoms with E-state index in [2.05, 4.69) is 17.6 Å². The minimum Gasteiger partial charge on any atom is -0.463 e. The number of urea groups is 1. The van der Waals surface area contributed by atoms with Gasteiger partial charge in [0.15, 0.2) is 0 Å². The summed E-state index contributed by atoms with van der Waals surface area (Å²) in [5, 5.41) is 5.94. The van der Waals surface area contributed by atoms with Crippen LogP contribution < -0.4 is 10.6 Å². The molecule has 7 heteroatoms. The number of nitrogens with zero attached hydrogens (tertiary/aromatic N) is 1. The quantitative estimate of drug-likeness (QED) is 0.341. The topological polar surface area (TPSA) is 87.7 Å². The van der Waals surface area contributed by atoms with Crippen molar-refractivity contribution in [3.63, 3.8) is 0 Å². The molecule has 0 aliphatic carbocycles. The Labute approximate surface area is 223 Å². The third kappa shape index (κ3) is 5.94. The third-order valence-corrected chi connectivity index (χ3v) is 6.40. The number of hydrogen-bond acceptors (Lipinski definition) is 4. The van der Waals surface area contributed by atoms with Crippen molar-refractivity contribution >= 4 is 29.3 Å². The number of carbonyl (C=O) groups excluding carboxylic acids is 3. The van der Waals surface area contributed by atoms with Gasteiger partial charge in [0.1, 0.15) is 0 Å². The Morgan fingerprint density at radius 1 is 0.974 bits per heavy atom. The van der Waals surface area contributed by atoms with Crippen LogP contribution in [0.25, 0.3) is 5.70 Å². The first-order valence-corrected chi connectivity index (χ1v) is 13.0. The summed E-state index contributed by atoms with van der Waals surface area (Å²) in [6.07, 6.45) is 1.68. The first-order chi connectivity index (χ1) is 18.4. The minimum atomic E-state index is -0.758. The fraction of sp³-hybridized carbons (Fsp3) is 0.258. The van der Waals surface area contributed by atoms with Gasteiger partial charge < -0.3 is 15.4 Å². The lowest BCUT2D eigenvalue weighted by Gasteiger charge is -2.37. The number of nitrogens with one attached hydrogen (secondary N) is 2. The molecule has 2 N–H and O–H groups in total. The summed E-state index contributed by atoms with van der Waals surface area (Å²) in [5.41, 5.74) is 4.48. The molecule has 0 saturated carbocycles. The van der Waals surface area contributed by atoms with Gasteiger partial charge in [0, 0.05) is 17.8 Å². The number of rotatable bonds is 9. The molecular formula is C31H33N3O4. The van der Waals surface area contributed by atoms with E-state index in [1.54, 1.807) is 42.2 Å². The number of hydrogen-bond donors (Lipinski definition) is 2. The summed E-state index contributed by atoms with van der Waals surface area (Å²) < 4.78 is 5.49. The van der Waals surface area contributed by atoms with Crippen LogP contribution in [0.5, 0.6) is 0 Å². The SMILES string of the molecule is CCCCN1C(=O)N[C@H](c2cccc(NC(=O)c3ccc(C)cc3)c2)C(C(=O)OCC)=C1c1ccccc1. The van der Waals surface area contributed by atoms with Crippen molar-refractivity contribution in [2.45, 2.75) is 39.7 Å². The Balaban J connectivity index is 1.78. The van der Waals surface area contributed by atoms with Crippen molar-refractivity contribution in [2.24, 2.45) is 0 Å². The first kappa shape index (κ1) is 26.7. The minimum absolute atomic E-state index is 0.201. The zero-order valence-corrected chi connectivity index (χ0v) is 22.0. The molecule has 0 radical (unpaired) electrons. The molecule has 4 rings (SSSR count). The fourth-order valence-corrected chi connectivity index (χ4v) is 4.47. The number of aryl methyl sites for hydroxylation is 1. The zero-order chi connectivity index (χ0) is 27.1. The molecule has 38 heavy (non-hydrogen) atoms. The van der Waals surface area contributed by atoms with Crippen LogP contribution in [-0.4, -0.2) is 36.0 Å². The van der Waals surface area contributed by atoms with E-state index in [0.717, 1.165) is 24.0 Å². The van der Waals surface area contributed by atoms with E-state index in [1.807, 2.05) is 55.5 Å². The van der Waals surface area contributed by atoms with Crippen LogP contribution in [0.1, 0.15) is 59.8 Å². The van der Waals surface area contributed by atoms with E-state index in [9.17, 15) is 14.4 Å². The van der Waals surface area contributed by atoms with Gasteiger partial charge in [-0.25, -0.2) is 9.59 Å². The Kier molecular flexibility index (Phi) is 8.58. The smallest absolute Gasteiger partial charge is 0.338 e. The summed E-state index contributed by atoms with van der Waals surface area (Å²) in [5.74, 6) is -0.737. The summed E-state index contributed by atoms with van der Waals surface area (Å²) in [6, 6.07) is 22.9. The molecule has 1 aliphatic heterocycles. The summed E-state index contributed by atoms with van der Waals surface area (Å²) in [4.78, 5) is 41.3. The van der Waals surface area contributed by atoms with Gasteiger partial charge in [0.2, 0.25) is 0 Å². The number of esters is 1. The molecule has 0 fully saturated rings. The Morgan fingerprint density at radius 3 is 2.39 bits per heavy atom. The van der Waals surface area contributed by atoms with Gasteiger partial charge >= 0.3 is 12.0 Å². The molecule has 0 aromatic heterocycles. The van der Waals surface area contributed by atoms with Crippen LogP contribution in [0.4, 0.5) is 10.5 Å². The molecule has 0 spiro atoms. The van der Waals surface area contributed by atoms with E-state index < -0.39 is 12.0 Å². The van der Waals surface area contributed by atoms with Gasteiger partial charge in [-0.15, -0.1) is 0 Å². The molecule has 1 aliphatic rings. The van der Waals surface area contributed by atoms with Crippen molar-refractivity contribution < 1.29 is 19.1 Å². The lowest BCUT2D eigenvalue weighted by Crippen LogP contribution is -2.48. The van der Waals surface area contributed by atoms with Gasteiger partial charge in [0.25, 0.3) is 5.91 Å². The fourth-order valence-electron chi connectivity index (χ4n) is 4.47. The number of benzene rings is 3. The molecule has 3 aromatic rings. The highest BCUT2D eigenvalue weighted by atomic mass is 16.5. The molecule has 7 nitrogen and oxygen atoms in total. The molecule has 0 bridgehead atoms. The van der Waals surface area contributed by atoms with Crippen LogP contribution in [0.15, 0.2) is 84.4 Å². The number of anilines is 1. The van der Waals surface area contributed by atoms with Crippen molar-refractivity contribution in [1.29, 1.82) is 0 Å². The second kappa shape index (κ2) is 12.2. The van der Waals surface area contributed by atoms with Gasteiger partial charge in [-0.2, -0.15) is 0 Å². The van der Waals surface area contributed by atoms with Crippen LogP contribution in [-0.2, 0) is 9.53 Å². The van der Waals surface area contributed by atoms with Gasteiger partial charge in [-0.3, -0.25) is 9.69 Å². The van der Waals surface area contributed by atoms with Crippen LogP contribution in [0.2, 0.25) is 0 Å². The predicted octanol–water partition coefficient (Wildman–Crippen LogP) is 6.09. The highest BCUT2D eigenvalue weighted by Gasteiger charge is 2.38. The summed E-state index contributed by atoms with van der Waals surface area (Å²) >= 11 is 0. The molecule has 3 amide bonds. The van der Waals surface area contributed by atoms with Crippen molar-refractivity contribution in [1.82, 2.24) is 10.2 Å². The second-order valence-corrected chi connectivity index (χ2v) is 9.18. The maximum absolute atomic E-state index is 13.4. The highest BCUT2D eigenvalue weighted by molar-refractivity contribution is 6.05. The van der Waals surface area contributed by atoms with E-state index >= 15 is 0 Å². The van der Waals surface area contributed by atoms with Crippen molar-refractivity contribution in [3.05, 3.63) is 107 Å². The molecule has 0 saturated heterocycles. The molecule has 3 aromatic carbocycles. The van der Waals surface area contributed by atoms with Crippen molar-refractivity contribution in [2.75, 3.05) is 18.5 Å². The number of amides is 3. The molecule has 0 unspecified atom stereocenters. The predicted molar refractivity (Wildman–Crippen MR) is 148 cm³/mol. The van der Waals surface area contributed by atoms with Gasteiger partial charge in [0.05, 0.1) is 23.9 Å². The highest BCUT2D eigenvalue weighted by Crippen LogP contribution is 2.37. The van der Waals surface area contributed by atoms with E-state index in [-0.39, 0.29) is 18.5 Å². The third-order valence-electron chi connectivity index (χ3n) is 6.40. The van der Waals surface area contributed by atoms with Crippen LogP contribution in [0, 0.1) is 6.92 Å². The molecule has 196 valence electrons. The lowest BCUT2D eigenvalue weighted by molar-refractivity contribution is -0.138. The number of carbonyl (C=O) groups is 3. The largest absolute Gasteiger partial charge is 0.463 e. The van der Waals surface area contributed by atoms with E-state index in [1.165, 1.54) is 0 Å². The van der Waals surface area contributed by atoms with Crippen LogP contribution in [0.3, 0.4) is 0 Å². The maximum atomic E-state index is 13.4. The van der Waals surface area contributed by atoms with E-state index in [0.29, 0.717) is 34.6 Å². The standard InChI is InChI=1S/C31H33N3O4/c1-4-6-19-34-28(22-11-8-7-9-12-22)26(30(36)38-5-2)27(33-31(34)37)24-13-10-14-25(20-24)32-29(35)23-17-15-21(3)16-18-23/h7-18,20,27H,4-6,19H2,1-3H3,(H,32,35)(H,33,37)/t27-/m1/s1. The van der Waals surface area contributed by atoms with Gasteiger partial charge in [-0.1, -0.05) is 73.5 Å². The molecule has 1 heterocycles. The average molecular weight is 512 g/mol. The summed E-state index contributed by atoms with van der Waals surface area (Å²) in [6.45, 7) is 6.44. The average Bonchev–Trinajstić information content (AvgIpc) is 2.93. The Bertz CT molecular complexity index is 1330. The number of unbranched alkanes of at least 4 members (excludes halogenated alkanes) is 1. The second-order valence-electron chi connectivity index (χ2n) is 9.18. The lowest BCUT2D eigenvalue weighted by atomic mass is 9.91. The normalized spacial score (nSPS) is 15.2. The van der Waals surface area contributed by atoms with Gasteiger partial charge in [-0.05, 0) is 55.7 Å². The number of ether oxygens (including phenoxy) is 1. The monoisotopic (exact) mass is 511 g/mol. The van der Waals surface area contributed by atoms with Crippen LogP contribution >= 0.6 is 0 Å². The summed E-state index contributed by atoms with van der Waals surface area (Å²) in [7, 11) is 0. The van der Waals surface area contributed by atoms with E-state index in [4.69, 9.17) is 4.74 Å². The van der Waals surface area contributed by atoms with Crippen molar-refractivity contribution in [3.8, 4) is 0 Å². The Hall–Kier alpha value is -4.39. The Morgan fingerprint density at radius 2 is 1.71 bits per heavy atom. The molecular weight excluding hydrogens is 478 g/mol. The maximum Gasteiger partial charge on any atom is 0.338 e. The molecule has 1 atom stereocenters. The first-order valence-electron chi connectivity index (χ1n) is 13.0.